The molecule has 0 atom stereocenters. The predicted octanol–water partition coefficient (Wildman–Crippen LogP) is 2.90. The summed E-state index contributed by atoms with van der Waals surface area (Å²) in [6, 6.07) is 0. The third kappa shape index (κ3) is 4.41. The molecule has 4 nitrogen and oxygen atoms in total. The number of aromatic nitrogens is 4. The van der Waals surface area contributed by atoms with Crippen LogP contribution in [0, 0.1) is 23.1 Å². The van der Waals surface area contributed by atoms with E-state index in [9.17, 15) is 0 Å². The van der Waals surface area contributed by atoms with Crippen LogP contribution in [-0.2, 0) is 0 Å². The molecule has 0 aliphatic heterocycles. The maximum atomic E-state index is 4.86. The molecule has 0 fully saturated rings. The Morgan fingerprint density at radius 2 is 1.81 bits per heavy atom. The van der Waals surface area contributed by atoms with E-state index in [0.717, 1.165) is 15.9 Å². The Hall–Kier alpha value is -1.40. The van der Waals surface area contributed by atoms with Crippen molar-refractivity contribution in [3.63, 3.8) is 0 Å². The molecule has 0 bridgehead atoms. The number of rotatable bonds is 0. The molecular weight excluding hydrogens is 240 g/mol. The average molecular weight is 252 g/mol. The van der Waals surface area contributed by atoms with Gasteiger partial charge in [-0.05, 0) is 13.8 Å². The Morgan fingerprint density at radius 3 is 2.19 bits per heavy atom. The van der Waals surface area contributed by atoms with Gasteiger partial charge in [-0.3, -0.25) is 4.98 Å². The van der Waals surface area contributed by atoms with E-state index in [1.54, 1.807) is 24.9 Å². The summed E-state index contributed by atoms with van der Waals surface area (Å²) >= 11 is 9.64. The van der Waals surface area contributed by atoms with Gasteiger partial charge in [0.05, 0.1) is 12.5 Å². The van der Waals surface area contributed by atoms with Gasteiger partial charge in [-0.2, -0.15) is 0 Å². The van der Waals surface area contributed by atoms with Crippen molar-refractivity contribution in [3.05, 3.63) is 45.5 Å². The molecule has 0 amide bonds. The van der Waals surface area contributed by atoms with Crippen LogP contribution in [0.2, 0.25) is 0 Å². The first-order chi connectivity index (χ1) is 7.59. The summed E-state index contributed by atoms with van der Waals surface area (Å²) in [5.41, 5.74) is 2.01. The lowest BCUT2D eigenvalue weighted by atomic mass is 10.4. The topological polar surface area (TPSA) is 57.4 Å². The summed E-state index contributed by atoms with van der Waals surface area (Å²) in [6.07, 6.45) is 6.66. The van der Waals surface area contributed by atoms with E-state index in [0.29, 0.717) is 4.64 Å². The molecule has 0 spiro atoms. The summed E-state index contributed by atoms with van der Waals surface area (Å²) in [4.78, 5) is 13.4. The molecule has 2 aromatic rings. The van der Waals surface area contributed by atoms with E-state index < -0.39 is 0 Å². The first-order valence-electron chi connectivity index (χ1n) is 4.60. The largest absolute Gasteiger partial charge is 0.348 e. The van der Waals surface area contributed by atoms with Gasteiger partial charge in [0.25, 0.3) is 0 Å². The molecule has 84 valence electrons. The van der Waals surface area contributed by atoms with Gasteiger partial charge in [-0.25, -0.2) is 4.98 Å². The predicted molar refractivity (Wildman–Crippen MR) is 68.3 cm³/mol. The highest BCUT2D eigenvalue weighted by atomic mass is 32.1. The molecule has 0 unspecified atom stereocenters. The lowest BCUT2D eigenvalue weighted by Crippen LogP contribution is -1.80. The Balaban J connectivity index is 0.000000160. The van der Waals surface area contributed by atoms with Crippen molar-refractivity contribution in [1.82, 2.24) is 19.9 Å². The quantitative estimate of drug-likeness (QED) is 0.708. The van der Waals surface area contributed by atoms with Gasteiger partial charge in [-0.1, -0.05) is 24.4 Å². The van der Waals surface area contributed by atoms with E-state index >= 15 is 0 Å². The minimum Gasteiger partial charge on any atom is -0.348 e. The van der Waals surface area contributed by atoms with Gasteiger partial charge in [0.1, 0.15) is 9.28 Å². The smallest absolute Gasteiger partial charge is 0.121 e. The van der Waals surface area contributed by atoms with Gasteiger partial charge >= 0.3 is 0 Å². The highest BCUT2D eigenvalue weighted by Crippen LogP contribution is 1.90. The van der Waals surface area contributed by atoms with E-state index in [1.807, 2.05) is 13.8 Å². The Bertz CT molecular complexity index is 559. The SMILES string of the molecule is Cc1cnc[nH]c1=S.Cc1cncc(=S)[nH]1. The van der Waals surface area contributed by atoms with Gasteiger partial charge in [0.2, 0.25) is 0 Å². The zero-order chi connectivity index (χ0) is 12.0. The first-order valence-corrected chi connectivity index (χ1v) is 5.41. The van der Waals surface area contributed by atoms with Crippen LogP contribution in [0.3, 0.4) is 0 Å². The van der Waals surface area contributed by atoms with Crippen molar-refractivity contribution >= 4 is 24.4 Å². The van der Waals surface area contributed by atoms with Crippen LogP contribution in [0.1, 0.15) is 11.3 Å². The second-order valence-corrected chi connectivity index (χ2v) is 3.99. The monoisotopic (exact) mass is 252 g/mol. The van der Waals surface area contributed by atoms with Crippen molar-refractivity contribution in [2.24, 2.45) is 0 Å². The zero-order valence-corrected chi connectivity index (χ0v) is 10.7. The number of nitrogens with one attached hydrogen (secondary N) is 2. The van der Waals surface area contributed by atoms with Gasteiger partial charge in [0.15, 0.2) is 0 Å². The molecular formula is C10H12N4S2. The summed E-state index contributed by atoms with van der Waals surface area (Å²) in [7, 11) is 0. The van der Waals surface area contributed by atoms with Crippen LogP contribution in [0.5, 0.6) is 0 Å². The molecule has 2 N–H and O–H groups in total. The third-order valence-electron chi connectivity index (χ3n) is 1.68. The molecule has 0 radical (unpaired) electrons. The summed E-state index contributed by atoms with van der Waals surface area (Å²) in [6.45, 7) is 3.84. The Morgan fingerprint density at radius 1 is 1.06 bits per heavy atom. The highest BCUT2D eigenvalue weighted by molar-refractivity contribution is 7.71. The van der Waals surface area contributed by atoms with Crippen molar-refractivity contribution in [3.8, 4) is 0 Å². The molecule has 0 aliphatic rings. The fourth-order valence-corrected chi connectivity index (χ4v) is 1.22. The zero-order valence-electron chi connectivity index (χ0n) is 9.02. The fraction of sp³-hybridized carbons (Fsp3) is 0.200. The van der Waals surface area contributed by atoms with Crippen LogP contribution in [0.4, 0.5) is 0 Å². The minimum absolute atomic E-state index is 0.685. The normalized spacial score (nSPS) is 9.12. The van der Waals surface area contributed by atoms with E-state index in [1.165, 1.54) is 0 Å². The van der Waals surface area contributed by atoms with Crippen LogP contribution >= 0.6 is 24.4 Å². The third-order valence-corrected chi connectivity index (χ3v) is 2.32. The molecule has 2 heterocycles. The minimum atomic E-state index is 0.685. The van der Waals surface area contributed by atoms with Crippen molar-refractivity contribution in [2.75, 3.05) is 0 Å². The molecule has 6 heteroatoms. The van der Waals surface area contributed by atoms with Crippen molar-refractivity contribution in [1.29, 1.82) is 0 Å². The van der Waals surface area contributed by atoms with Crippen molar-refractivity contribution in [2.45, 2.75) is 13.8 Å². The molecule has 0 saturated heterocycles. The molecule has 0 saturated carbocycles. The molecule has 16 heavy (non-hydrogen) atoms. The van der Waals surface area contributed by atoms with E-state index in [4.69, 9.17) is 24.4 Å². The maximum absolute atomic E-state index is 4.86. The standard InChI is InChI=1S/2C5H6N2S/c1-4-2-6-3-7-5(4)8;1-4-2-6-3-5(8)7-4/h2-3H,1H3,(H,6,7,8);2-3H,1H3,(H,7,8). The fourth-order valence-electron chi connectivity index (χ4n) is 0.893. The maximum Gasteiger partial charge on any atom is 0.121 e. The Labute approximate surface area is 104 Å². The Kier molecular flexibility index (Phi) is 4.94. The number of aryl methyl sites for hydroxylation is 2. The second kappa shape index (κ2) is 6.24. The molecule has 2 aromatic heterocycles. The number of hydrogen-bond donors (Lipinski definition) is 2. The van der Waals surface area contributed by atoms with Crippen LogP contribution in [0.15, 0.2) is 24.9 Å². The van der Waals surface area contributed by atoms with Crippen LogP contribution < -0.4 is 0 Å². The highest BCUT2D eigenvalue weighted by Gasteiger charge is 1.81. The lowest BCUT2D eigenvalue weighted by Gasteiger charge is -1.86. The second-order valence-electron chi connectivity index (χ2n) is 3.14. The van der Waals surface area contributed by atoms with Crippen LogP contribution in [-0.4, -0.2) is 19.9 Å². The number of hydrogen-bond acceptors (Lipinski definition) is 4. The first kappa shape index (κ1) is 12.7. The van der Waals surface area contributed by atoms with Gasteiger partial charge in [-0.15, -0.1) is 0 Å². The summed E-state index contributed by atoms with van der Waals surface area (Å²) in [5.74, 6) is 0. The number of aromatic amines is 2. The summed E-state index contributed by atoms with van der Waals surface area (Å²) in [5, 5.41) is 0. The summed E-state index contributed by atoms with van der Waals surface area (Å²) < 4.78 is 1.45. The van der Waals surface area contributed by atoms with E-state index in [-0.39, 0.29) is 0 Å². The number of nitrogens with zero attached hydrogens (tertiary/aromatic N) is 2. The van der Waals surface area contributed by atoms with Gasteiger partial charge in [0, 0.05) is 23.7 Å². The van der Waals surface area contributed by atoms with Gasteiger partial charge < -0.3 is 9.97 Å². The molecule has 0 aromatic carbocycles. The van der Waals surface area contributed by atoms with Crippen molar-refractivity contribution < 1.29 is 0 Å². The molecule has 0 aliphatic carbocycles. The molecule has 2 rings (SSSR count). The number of H-pyrrole nitrogens is 2. The van der Waals surface area contributed by atoms with E-state index in [2.05, 4.69) is 19.9 Å². The lowest BCUT2D eigenvalue weighted by molar-refractivity contribution is 1.10. The average Bonchev–Trinajstić information content (AvgIpc) is 2.23. The van der Waals surface area contributed by atoms with Crippen LogP contribution in [0.25, 0.3) is 0 Å².